The van der Waals surface area contributed by atoms with Gasteiger partial charge in [-0.1, -0.05) is 12.1 Å². The predicted molar refractivity (Wildman–Crippen MR) is 121 cm³/mol. The van der Waals surface area contributed by atoms with E-state index >= 15 is 0 Å². The van der Waals surface area contributed by atoms with E-state index in [1.54, 1.807) is 10.7 Å². The fraction of sp³-hybridized carbons (Fsp3) is 0.333. The van der Waals surface area contributed by atoms with Crippen LogP contribution in [0.3, 0.4) is 0 Å². The molecular formula is C21H20BrF3N6O3. The number of aliphatic carboxylic acids is 1. The summed E-state index contributed by atoms with van der Waals surface area (Å²) in [6.07, 6.45) is 0.764. The van der Waals surface area contributed by atoms with Crippen LogP contribution in [-0.2, 0) is 4.79 Å². The Morgan fingerprint density at radius 1 is 1.21 bits per heavy atom. The van der Waals surface area contributed by atoms with Gasteiger partial charge in [0.25, 0.3) is 5.91 Å². The summed E-state index contributed by atoms with van der Waals surface area (Å²) in [5.74, 6) is -2.06. The van der Waals surface area contributed by atoms with E-state index in [1.165, 1.54) is 12.8 Å². The molecule has 0 saturated carbocycles. The summed E-state index contributed by atoms with van der Waals surface area (Å²) in [4.78, 5) is 28.8. The van der Waals surface area contributed by atoms with Crippen LogP contribution in [0.2, 0.25) is 0 Å². The van der Waals surface area contributed by atoms with E-state index in [0.717, 1.165) is 29.1 Å². The molecule has 1 amide bonds. The molecule has 0 radical (unpaired) electrons. The molecule has 9 nitrogen and oxygen atoms in total. The third-order valence-electron chi connectivity index (χ3n) is 5.61. The van der Waals surface area contributed by atoms with Crippen LogP contribution in [0.5, 0.6) is 0 Å². The summed E-state index contributed by atoms with van der Waals surface area (Å²) in [5, 5.41) is 17.9. The van der Waals surface area contributed by atoms with Crippen molar-refractivity contribution in [1.29, 1.82) is 0 Å². The number of hydrogen-bond donors (Lipinski definition) is 3. The lowest BCUT2D eigenvalue weighted by Crippen LogP contribution is -2.61. The molecule has 2 bridgehead atoms. The second kappa shape index (κ2) is 9.58. The zero-order chi connectivity index (χ0) is 24.5. The monoisotopic (exact) mass is 540 g/mol. The van der Waals surface area contributed by atoms with Crippen LogP contribution in [-0.4, -0.2) is 62.9 Å². The van der Waals surface area contributed by atoms with E-state index in [4.69, 9.17) is 14.9 Å². The van der Waals surface area contributed by atoms with Crippen LogP contribution in [0, 0.1) is 0 Å². The number of fused-ring (bicyclic) bond motifs is 4. The number of carbonyl (C=O) groups excluding carboxylic acids is 1. The van der Waals surface area contributed by atoms with Gasteiger partial charge in [0.15, 0.2) is 5.65 Å². The van der Waals surface area contributed by atoms with Gasteiger partial charge in [-0.2, -0.15) is 18.3 Å². The first-order valence-corrected chi connectivity index (χ1v) is 11.1. The molecule has 180 valence electrons. The first-order valence-electron chi connectivity index (χ1n) is 10.3. The molecule has 3 aliphatic heterocycles. The molecule has 5 heterocycles. The Bertz CT molecular complexity index is 1210. The number of piperidine rings is 2. The molecule has 6 rings (SSSR count). The van der Waals surface area contributed by atoms with Gasteiger partial charge in [-0.15, -0.1) is 0 Å². The van der Waals surface area contributed by atoms with Crippen molar-refractivity contribution in [3.63, 3.8) is 0 Å². The lowest BCUT2D eigenvalue weighted by atomic mass is 9.93. The van der Waals surface area contributed by atoms with E-state index < -0.39 is 12.1 Å². The van der Waals surface area contributed by atoms with Crippen molar-refractivity contribution in [2.75, 3.05) is 23.3 Å². The van der Waals surface area contributed by atoms with Crippen molar-refractivity contribution in [2.24, 2.45) is 0 Å². The number of halogens is 4. The highest BCUT2D eigenvalue weighted by molar-refractivity contribution is 9.10. The summed E-state index contributed by atoms with van der Waals surface area (Å²) >= 11 is 3.46. The molecule has 1 aromatic carbocycles. The lowest BCUT2D eigenvalue weighted by molar-refractivity contribution is -0.192. The third-order valence-corrected chi connectivity index (χ3v) is 6.30. The van der Waals surface area contributed by atoms with Crippen molar-refractivity contribution in [2.45, 2.75) is 31.1 Å². The van der Waals surface area contributed by atoms with E-state index in [2.05, 4.69) is 36.6 Å². The number of hydrogen-bond acceptors (Lipinski definition) is 6. The van der Waals surface area contributed by atoms with E-state index in [0.29, 0.717) is 23.3 Å². The molecular weight excluding hydrogens is 521 g/mol. The molecule has 3 N–H and O–H groups in total. The topological polar surface area (TPSA) is 112 Å². The number of para-hydroxylation sites is 1. The van der Waals surface area contributed by atoms with Crippen LogP contribution >= 0.6 is 15.9 Å². The summed E-state index contributed by atoms with van der Waals surface area (Å²) < 4.78 is 34.2. The summed E-state index contributed by atoms with van der Waals surface area (Å²) in [6, 6.07) is 10.5. The number of anilines is 2. The Labute approximate surface area is 200 Å². The number of alkyl halides is 3. The molecule has 13 heteroatoms. The zero-order valence-electron chi connectivity index (χ0n) is 17.6. The van der Waals surface area contributed by atoms with Gasteiger partial charge in [-0.25, -0.2) is 14.3 Å². The van der Waals surface area contributed by atoms with Gasteiger partial charge in [-0.05, 0) is 47.0 Å². The first kappa shape index (κ1) is 24.0. The van der Waals surface area contributed by atoms with Gasteiger partial charge < -0.3 is 20.6 Å². The maximum Gasteiger partial charge on any atom is 0.490 e. The molecule has 3 aliphatic rings. The smallest absolute Gasteiger partial charge is 0.475 e. The van der Waals surface area contributed by atoms with Gasteiger partial charge in [-0.3, -0.25) is 4.79 Å². The maximum absolute atomic E-state index is 12.8. The van der Waals surface area contributed by atoms with Gasteiger partial charge in [0.1, 0.15) is 11.4 Å². The highest BCUT2D eigenvalue weighted by atomic mass is 79.9. The van der Waals surface area contributed by atoms with Crippen LogP contribution in [0.15, 0.2) is 47.2 Å². The Morgan fingerprint density at radius 3 is 2.53 bits per heavy atom. The molecule has 0 spiro atoms. The number of benzene rings is 1. The number of carboxylic acids is 1. The average molecular weight is 541 g/mol. The number of amides is 1. The second-order valence-electron chi connectivity index (χ2n) is 7.84. The second-order valence-corrected chi connectivity index (χ2v) is 8.69. The van der Waals surface area contributed by atoms with E-state index in [1.807, 2.05) is 36.5 Å². The Balaban J connectivity index is 0.000000344. The number of nitrogens with one attached hydrogen (secondary N) is 2. The van der Waals surface area contributed by atoms with E-state index in [9.17, 15) is 18.0 Å². The van der Waals surface area contributed by atoms with Gasteiger partial charge in [0, 0.05) is 35.8 Å². The van der Waals surface area contributed by atoms with Gasteiger partial charge >= 0.3 is 12.1 Å². The van der Waals surface area contributed by atoms with Crippen LogP contribution in [0.4, 0.5) is 24.7 Å². The molecule has 0 aliphatic carbocycles. The minimum absolute atomic E-state index is 0.219. The van der Waals surface area contributed by atoms with Gasteiger partial charge in [0.05, 0.1) is 11.9 Å². The minimum atomic E-state index is -5.08. The van der Waals surface area contributed by atoms with Crippen LogP contribution in [0.25, 0.3) is 5.65 Å². The normalized spacial score (nSPS) is 19.5. The highest BCUT2D eigenvalue weighted by Gasteiger charge is 2.38. The highest BCUT2D eigenvalue weighted by Crippen LogP contribution is 2.28. The molecule has 34 heavy (non-hydrogen) atoms. The fourth-order valence-electron chi connectivity index (χ4n) is 3.92. The van der Waals surface area contributed by atoms with Crippen molar-refractivity contribution >= 4 is 45.0 Å². The van der Waals surface area contributed by atoms with E-state index in [-0.39, 0.29) is 5.91 Å². The Morgan fingerprint density at radius 2 is 1.94 bits per heavy atom. The quantitative estimate of drug-likeness (QED) is 0.467. The van der Waals surface area contributed by atoms with Gasteiger partial charge in [0.2, 0.25) is 0 Å². The maximum atomic E-state index is 12.8. The minimum Gasteiger partial charge on any atom is -0.475 e. The van der Waals surface area contributed by atoms with Crippen molar-refractivity contribution in [3.05, 3.63) is 52.8 Å². The number of carboxylic acid groups (broad SMARTS) is 1. The third kappa shape index (κ3) is 5.14. The predicted octanol–water partition coefficient (Wildman–Crippen LogP) is 3.32. The average Bonchev–Trinajstić information content (AvgIpc) is 3.24. The lowest BCUT2D eigenvalue weighted by Gasteiger charge is -2.46. The number of piperazine rings is 1. The molecule has 3 aromatic rings. The Kier molecular flexibility index (Phi) is 6.75. The number of nitrogens with zero attached hydrogens (tertiary/aromatic N) is 4. The SMILES string of the molecule is O=C(Nc1ccccc1Br)c1cnn2ccc(N3CC4CCC3CN4)nc12.O=C(O)C(F)(F)F. The zero-order valence-corrected chi connectivity index (χ0v) is 19.2. The van der Waals surface area contributed by atoms with Crippen LogP contribution in [0.1, 0.15) is 23.2 Å². The first-order chi connectivity index (χ1) is 16.1. The fourth-order valence-corrected chi connectivity index (χ4v) is 4.30. The molecule has 3 saturated heterocycles. The summed E-state index contributed by atoms with van der Waals surface area (Å²) in [5.41, 5.74) is 1.76. The molecule has 2 aromatic heterocycles. The molecule has 2 atom stereocenters. The summed E-state index contributed by atoms with van der Waals surface area (Å²) in [7, 11) is 0. The molecule has 3 fully saturated rings. The number of carbonyl (C=O) groups is 2. The van der Waals surface area contributed by atoms with Crippen molar-refractivity contribution in [3.8, 4) is 0 Å². The number of aromatic nitrogens is 3. The Hall–Kier alpha value is -3.19. The standard InChI is InChI=1S/C19H19BrN6O.C2HF3O2/c20-15-3-1-2-4-16(15)23-19(27)14-10-22-26-8-7-17(24-18(14)26)25-11-12-5-6-13(25)9-21-12;3-2(4,5)1(6)7/h1-4,7-8,10,12-13,21H,5-6,9,11H2,(H,23,27);(H,6,7). The largest absolute Gasteiger partial charge is 0.490 e. The molecule has 2 unspecified atom stereocenters. The van der Waals surface area contributed by atoms with Crippen LogP contribution < -0.4 is 15.5 Å². The van der Waals surface area contributed by atoms with Crippen molar-refractivity contribution in [1.82, 2.24) is 19.9 Å². The number of rotatable bonds is 3. The van der Waals surface area contributed by atoms with Crippen molar-refractivity contribution < 1.29 is 27.9 Å². The summed E-state index contributed by atoms with van der Waals surface area (Å²) in [6.45, 7) is 1.95.